The third-order valence-corrected chi connectivity index (χ3v) is 2.59. The van der Waals surface area contributed by atoms with E-state index in [2.05, 4.69) is 0 Å². The summed E-state index contributed by atoms with van der Waals surface area (Å²) in [6.45, 7) is 0.270. The summed E-state index contributed by atoms with van der Waals surface area (Å²) in [6, 6.07) is 0. The topological polar surface area (TPSA) is 40.5 Å². The van der Waals surface area contributed by atoms with Crippen molar-refractivity contribution in [3.05, 3.63) is 11.1 Å². The van der Waals surface area contributed by atoms with Gasteiger partial charge in [0.05, 0.1) is 13.2 Å². The summed E-state index contributed by atoms with van der Waals surface area (Å²) >= 11 is 0. The van der Waals surface area contributed by atoms with Crippen molar-refractivity contribution in [2.45, 2.75) is 38.5 Å². The van der Waals surface area contributed by atoms with Crippen molar-refractivity contribution in [2.75, 3.05) is 13.2 Å². The van der Waals surface area contributed by atoms with E-state index < -0.39 is 0 Å². The molecule has 0 amide bonds. The van der Waals surface area contributed by atoms with Crippen LogP contribution in [-0.4, -0.2) is 23.4 Å². The van der Waals surface area contributed by atoms with Crippen LogP contribution in [-0.2, 0) is 0 Å². The number of hydrogen-bond donors (Lipinski definition) is 2. The summed E-state index contributed by atoms with van der Waals surface area (Å²) in [5.74, 6) is 0. The fourth-order valence-electron chi connectivity index (χ4n) is 1.77. The molecule has 1 aliphatic carbocycles. The van der Waals surface area contributed by atoms with E-state index in [1.165, 1.54) is 25.7 Å². The predicted molar refractivity (Wildman–Crippen MR) is 48.9 cm³/mol. The quantitative estimate of drug-likeness (QED) is 0.618. The second-order valence-electron chi connectivity index (χ2n) is 3.44. The van der Waals surface area contributed by atoms with E-state index in [1.807, 2.05) is 0 Å². The summed E-state index contributed by atoms with van der Waals surface area (Å²) in [5.41, 5.74) is 2.16. The van der Waals surface area contributed by atoms with E-state index in [9.17, 15) is 0 Å². The third-order valence-electron chi connectivity index (χ3n) is 2.59. The zero-order valence-electron chi connectivity index (χ0n) is 7.55. The molecule has 0 aliphatic heterocycles. The highest BCUT2D eigenvalue weighted by atomic mass is 16.3. The highest BCUT2D eigenvalue weighted by molar-refractivity contribution is 5.15. The van der Waals surface area contributed by atoms with Gasteiger partial charge in [0.1, 0.15) is 0 Å². The summed E-state index contributed by atoms with van der Waals surface area (Å²) in [4.78, 5) is 0. The molecular formula is C10H18O2. The van der Waals surface area contributed by atoms with Gasteiger partial charge in [0.25, 0.3) is 0 Å². The lowest BCUT2D eigenvalue weighted by Crippen LogP contribution is -2.04. The second kappa shape index (κ2) is 5.33. The Labute approximate surface area is 73.9 Å². The lowest BCUT2D eigenvalue weighted by atomic mass is 9.94. The smallest absolute Gasteiger partial charge is 0.0645 e. The molecule has 0 saturated heterocycles. The van der Waals surface area contributed by atoms with E-state index >= 15 is 0 Å². The van der Waals surface area contributed by atoms with Crippen molar-refractivity contribution in [3.63, 3.8) is 0 Å². The minimum absolute atomic E-state index is 0.135. The molecule has 0 fully saturated rings. The molecule has 70 valence electrons. The standard InChI is InChI=1S/C10H18O2/c11-7-9-5-3-1-2-4-6-10(9)8-12/h11-12H,1-8H2/b10-9-. The van der Waals surface area contributed by atoms with E-state index in [-0.39, 0.29) is 13.2 Å². The largest absolute Gasteiger partial charge is 0.392 e. The molecule has 1 rings (SSSR count). The Kier molecular flexibility index (Phi) is 4.33. The molecule has 0 spiro atoms. The van der Waals surface area contributed by atoms with Crippen LogP contribution in [0.3, 0.4) is 0 Å². The van der Waals surface area contributed by atoms with E-state index in [4.69, 9.17) is 10.2 Å². The van der Waals surface area contributed by atoms with Gasteiger partial charge in [-0.15, -0.1) is 0 Å². The molecule has 2 nitrogen and oxygen atoms in total. The Hall–Kier alpha value is -0.340. The molecule has 0 aromatic heterocycles. The van der Waals surface area contributed by atoms with E-state index in [0.29, 0.717) is 0 Å². The van der Waals surface area contributed by atoms with E-state index in [0.717, 1.165) is 24.0 Å². The third kappa shape index (κ3) is 2.61. The highest BCUT2D eigenvalue weighted by Gasteiger charge is 2.08. The van der Waals surface area contributed by atoms with Gasteiger partial charge < -0.3 is 10.2 Å². The summed E-state index contributed by atoms with van der Waals surface area (Å²) < 4.78 is 0. The van der Waals surface area contributed by atoms with Gasteiger partial charge >= 0.3 is 0 Å². The van der Waals surface area contributed by atoms with Gasteiger partial charge in [-0.3, -0.25) is 0 Å². The van der Waals surface area contributed by atoms with Crippen LogP contribution in [0.25, 0.3) is 0 Å². The molecular weight excluding hydrogens is 152 g/mol. The van der Waals surface area contributed by atoms with Crippen LogP contribution in [0.15, 0.2) is 11.1 Å². The molecule has 0 unspecified atom stereocenters. The Morgan fingerprint density at radius 1 is 0.750 bits per heavy atom. The maximum Gasteiger partial charge on any atom is 0.0645 e. The number of aliphatic hydroxyl groups is 2. The molecule has 0 saturated carbocycles. The number of hydrogen-bond acceptors (Lipinski definition) is 2. The number of rotatable bonds is 2. The second-order valence-corrected chi connectivity index (χ2v) is 3.44. The first kappa shape index (κ1) is 9.75. The SMILES string of the molecule is OC/C1=C(\CO)CCCCCC1. The monoisotopic (exact) mass is 170 g/mol. The van der Waals surface area contributed by atoms with Crippen LogP contribution in [0.5, 0.6) is 0 Å². The molecule has 0 heterocycles. The molecule has 0 aromatic rings. The average molecular weight is 170 g/mol. The highest BCUT2D eigenvalue weighted by Crippen LogP contribution is 2.22. The van der Waals surface area contributed by atoms with Crippen LogP contribution >= 0.6 is 0 Å². The van der Waals surface area contributed by atoms with Crippen molar-refractivity contribution in [1.29, 1.82) is 0 Å². The lowest BCUT2D eigenvalue weighted by molar-refractivity contribution is 0.300. The van der Waals surface area contributed by atoms with Crippen molar-refractivity contribution in [2.24, 2.45) is 0 Å². The predicted octanol–water partition coefficient (Wildman–Crippen LogP) is 1.62. The van der Waals surface area contributed by atoms with Gasteiger partial charge in [-0.25, -0.2) is 0 Å². The van der Waals surface area contributed by atoms with Gasteiger partial charge in [0, 0.05) is 0 Å². The zero-order valence-corrected chi connectivity index (χ0v) is 7.55. The first-order valence-corrected chi connectivity index (χ1v) is 4.80. The minimum atomic E-state index is 0.135. The molecule has 0 atom stereocenters. The minimum Gasteiger partial charge on any atom is -0.392 e. The Bertz CT molecular complexity index is 143. The van der Waals surface area contributed by atoms with Crippen molar-refractivity contribution in [1.82, 2.24) is 0 Å². The summed E-state index contributed by atoms with van der Waals surface area (Å²) in [5, 5.41) is 18.1. The van der Waals surface area contributed by atoms with Gasteiger partial charge in [0.2, 0.25) is 0 Å². The fraction of sp³-hybridized carbons (Fsp3) is 0.800. The van der Waals surface area contributed by atoms with Gasteiger partial charge in [-0.2, -0.15) is 0 Å². The summed E-state index contributed by atoms with van der Waals surface area (Å²) in [7, 11) is 0. The molecule has 1 aliphatic rings. The molecule has 12 heavy (non-hydrogen) atoms. The van der Waals surface area contributed by atoms with E-state index in [1.54, 1.807) is 0 Å². The first-order chi connectivity index (χ1) is 5.88. The lowest BCUT2D eigenvalue weighted by Gasteiger charge is -2.15. The average Bonchev–Trinajstić information content (AvgIpc) is 2.05. The molecule has 2 heteroatoms. The number of aliphatic hydroxyl groups excluding tert-OH is 2. The van der Waals surface area contributed by atoms with Gasteiger partial charge in [0.15, 0.2) is 0 Å². The van der Waals surface area contributed by atoms with Crippen LogP contribution in [0, 0.1) is 0 Å². The Balaban J connectivity index is 2.63. The normalized spacial score (nSPS) is 26.5. The molecule has 0 radical (unpaired) electrons. The fourth-order valence-corrected chi connectivity index (χ4v) is 1.77. The zero-order chi connectivity index (χ0) is 8.81. The maximum atomic E-state index is 9.04. The first-order valence-electron chi connectivity index (χ1n) is 4.80. The van der Waals surface area contributed by atoms with Gasteiger partial charge in [-0.1, -0.05) is 12.8 Å². The molecule has 2 N–H and O–H groups in total. The summed E-state index contributed by atoms with van der Waals surface area (Å²) in [6.07, 6.45) is 6.82. The molecule has 0 bridgehead atoms. The van der Waals surface area contributed by atoms with Crippen molar-refractivity contribution >= 4 is 0 Å². The Morgan fingerprint density at radius 3 is 1.50 bits per heavy atom. The van der Waals surface area contributed by atoms with Crippen LogP contribution < -0.4 is 0 Å². The van der Waals surface area contributed by atoms with Crippen LogP contribution in [0.1, 0.15) is 38.5 Å². The Morgan fingerprint density at radius 2 is 1.17 bits per heavy atom. The van der Waals surface area contributed by atoms with Crippen LogP contribution in [0.4, 0.5) is 0 Å². The van der Waals surface area contributed by atoms with Crippen LogP contribution in [0.2, 0.25) is 0 Å². The van der Waals surface area contributed by atoms with Gasteiger partial charge in [-0.05, 0) is 36.8 Å². The van der Waals surface area contributed by atoms with Crippen molar-refractivity contribution < 1.29 is 10.2 Å². The molecule has 0 aromatic carbocycles. The maximum absolute atomic E-state index is 9.04. The van der Waals surface area contributed by atoms with Crippen molar-refractivity contribution in [3.8, 4) is 0 Å².